The molecule has 2 aliphatic rings. The van der Waals surface area contributed by atoms with E-state index < -0.39 is 5.97 Å². The van der Waals surface area contributed by atoms with Crippen molar-refractivity contribution < 1.29 is 14.6 Å². The number of benzene rings is 1. The maximum atomic E-state index is 10.9. The molecule has 3 nitrogen and oxygen atoms in total. The number of fused-ring (bicyclic) bond motifs is 2. The van der Waals surface area contributed by atoms with Gasteiger partial charge in [-0.05, 0) is 48.8 Å². The lowest BCUT2D eigenvalue weighted by molar-refractivity contribution is 0.0302. The second-order valence-corrected chi connectivity index (χ2v) is 7.57. The molecule has 0 heterocycles. The fraction of sp³-hybridized carbons (Fsp3) is 0.588. The summed E-state index contributed by atoms with van der Waals surface area (Å²) in [5.74, 6) is 0.317. The zero-order valence-electron chi connectivity index (χ0n) is 12.6. The smallest absolute Gasteiger partial charge is 0.335 e. The first-order valence-electron chi connectivity index (χ1n) is 7.45. The first-order valence-corrected chi connectivity index (χ1v) is 7.83. The summed E-state index contributed by atoms with van der Waals surface area (Å²) < 4.78 is 6.19. The van der Waals surface area contributed by atoms with Crippen LogP contribution in [0.2, 0.25) is 5.02 Å². The summed E-state index contributed by atoms with van der Waals surface area (Å²) in [6, 6.07) is 4.68. The van der Waals surface area contributed by atoms with Gasteiger partial charge in [0.15, 0.2) is 0 Å². The number of carboxylic acid groups (broad SMARTS) is 1. The van der Waals surface area contributed by atoms with Crippen molar-refractivity contribution >= 4 is 17.6 Å². The zero-order valence-corrected chi connectivity index (χ0v) is 13.4. The van der Waals surface area contributed by atoms with Crippen LogP contribution in [0.3, 0.4) is 0 Å². The highest BCUT2D eigenvalue weighted by atomic mass is 35.5. The van der Waals surface area contributed by atoms with Gasteiger partial charge in [0.05, 0.1) is 10.6 Å². The maximum absolute atomic E-state index is 10.9. The summed E-state index contributed by atoms with van der Waals surface area (Å²) in [4.78, 5) is 10.9. The molecule has 0 radical (unpaired) electrons. The van der Waals surface area contributed by atoms with Gasteiger partial charge >= 0.3 is 5.97 Å². The fourth-order valence-electron chi connectivity index (χ4n) is 4.19. The van der Waals surface area contributed by atoms with E-state index in [9.17, 15) is 4.79 Å². The van der Waals surface area contributed by atoms with E-state index in [1.165, 1.54) is 18.9 Å². The van der Waals surface area contributed by atoms with E-state index in [0.29, 0.717) is 16.7 Å². The van der Waals surface area contributed by atoms with Crippen molar-refractivity contribution in [3.05, 3.63) is 28.8 Å². The van der Waals surface area contributed by atoms with Crippen molar-refractivity contribution in [2.75, 3.05) is 0 Å². The van der Waals surface area contributed by atoms with E-state index in [1.807, 2.05) is 0 Å². The number of rotatable bonds is 3. The number of ether oxygens (including phenoxy) is 1. The van der Waals surface area contributed by atoms with Crippen molar-refractivity contribution in [2.24, 2.45) is 16.7 Å². The van der Waals surface area contributed by atoms with E-state index in [2.05, 4.69) is 20.8 Å². The molecular weight excluding hydrogens is 288 g/mol. The van der Waals surface area contributed by atoms with Crippen LogP contribution in [-0.2, 0) is 0 Å². The van der Waals surface area contributed by atoms with Crippen molar-refractivity contribution in [1.82, 2.24) is 0 Å². The van der Waals surface area contributed by atoms with E-state index >= 15 is 0 Å². The maximum Gasteiger partial charge on any atom is 0.335 e. The van der Waals surface area contributed by atoms with Crippen LogP contribution in [0.25, 0.3) is 0 Å². The quantitative estimate of drug-likeness (QED) is 0.885. The molecule has 0 saturated heterocycles. The van der Waals surface area contributed by atoms with Gasteiger partial charge in [0.1, 0.15) is 11.9 Å². The topological polar surface area (TPSA) is 46.5 Å². The number of carbonyl (C=O) groups is 1. The summed E-state index contributed by atoms with van der Waals surface area (Å²) in [5.41, 5.74) is 0.629. The molecule has 1 N–H and O–H groups in total. The average Bonchev–Trinajstić information content (AvgIpc) is 2.74. The minimum Gasteiger partial charge on any atom is -0.488 e. The number of hydrogen-bond donors (Lipinski definition) is 1. The number of carboxylic acids is 1. The summed E-state index contributed by atoms with van der Waals surface area (Å²) in [6.45, 7) is 6.98. The van der Waals surface area contributed by atoms with Crippen LogP contribution in [0, 0.1) is 16.7 Å². The van der Waals surface area contributed by atoms with Crippen LogP contribution >= 0.6 is 11.6 Å². The Labute approximate surface area is 130 Å². The van der Waals surface area contributed by atoms with Gasteiger partial charge in [0.25, 0.3) is 0 Å². The van der Waals surface area contributed by atoms with E-state index in [0.717, 1.165) is 6.42 Å². The van der Waals surface area contributed by atoms with Gasteiger partial charge in [-0.25, -0.2) is 4.79 Å². The molecule has 0 aromatic heterocycles. The summed E-state index contributed by atoms with van der Waals surface area (Å²) >= 11 is 6.18. The first-order chi connectivity index (χ1) is 9.75. The highest BCUT2D eigenvalue weighted by Crippen LogP contribution is 2.66. The molecule has 21 heavy (non-hydrogen) atoms. The Morgan fingerprint density at radius 3 is 2.57 bits per heavy atom. The minimum absolute atomic E-state index is 0.152. The highest BCUT2D eigenvalue weighted by Gasteiger charge is 2.62. The van der Waals surface area contributed by atoms with E-state index in [4.69, 9.17) is 21.4 Å². The summed E-state index contributed by atoms with van der Waals surface area (Å²) in [7, 11) is 0. The van der Waals surface area contributed by atoms with Gasteiger partial charge in [0, 0.05) is 5.41 Å². The molecule has 3 unspecified atom stereocenters. The van der Waals surface area contributed by atoms with E-state index in [-0.39, 0.29) is 22.5 Å². The van der Waals surface area contributed by atoms with Crippen molar-refractivity contribution in [3.8, 4) is 5.75 Å². The molecule has 2 bridgehead atoms. The Morgan fingerprint density at radius 1 is 1.38 bits per heavy atom. The average molecular weight is 309 g/mol. The van der Waals surface area contributed by atoms with Gasteiger partial charge in [-0.1, -0.05) is 32.4 Å². The van der Waals surface area contributed by atoms with Gasteiger partial charge < -0.3 is 9.84 Å². The lowest BCUT2D eigenvalue weighted by Gasteiger charge is -2.39. The number of hydrogen-bond acceptors (Lipinski definition) is 2. The van der Waals surface area contributed by atoms with Crippen LogP contribution in [0.4, 0.5) is 0 Å². The van der Waals surface area contributed by atoms with Crippen molar-refractivity contribution in [3.63, 3.8) is 0 Å². The molecule has 2 aliphatic carbocycles. The van der Waals surface area contributed by atoms with E-state index in [1.54, 1.807) is 12.1 Å². The fourth-order valence-corrected chi connectivity index (χ4v) is 4.42. The second-order valence-electron chi connectivity index (χ2n) is 7.17. The third-order valence-corrected chi connectivity index (χ3v) is 6.46. The standard InChI is InChI=1S/C17H21ClO3/c1-16(2)11-6-7-17(16,3)14(9-11)21-13-5-4-10(15(19)20)8-12(13)18/h4-5,8,11,14H,6-7,9H2,1-3H3,(H,19,20). The second kappa shape index (κ2) is 4.64. The third-order valence-electron chi connectivity index (χ3n) is 6.16. The molecular formula is C17H21ClO3. The Balaban J connectivity index is 1.84. The molecule has 0 spiro atoms. The predicted molar refractivity (Wildman–Crippen MR) is 82.1 cm³/mol. The van der Waals surface area contributed by atoms with Gasteiger partial charge in [-0.15, -0.1) is 0 Å². The Hall–Kier alpha value is -1.22. The lowest BCUT2D eigenvalue weighted by atomic mass is 9.70. The SMILES string of the molecule is CC1(C)C2CCC1(C)C(Oc1ccc(C(=O)O)cc1Cl)C2. The zero-order chi connectivity index (χ0) is 15.4. The van der Waals surface area contributed by atoms with Crippen LogP contribution in [0.15, 0.2) is 18.2 Å². The van der Waals surface area contributed by atoms with Crippen LogP contribution in [0.1, 0.15) is 50.4 Å². The van der Waals surface area contributed by atoms with Crippen molar-refractivity contribution in [1.29, 1.82) is 0 Å². The van der Waals surface area contributed by atoms with Gasteiger partial charge in [-0.2, -0.15) is 0 Å². The van der Waals surface area contributed by atoms with Crippen LogP contribution < -0.4 is 4.74 Å². The Bertz CT molecular complexity index is 596. The molecule has 2 saturated carbocycles. The Morgan fingerprint density at radius 2 is 2.10 bits per heavy atom. The highest BCUT2D eigenvalue weighted by molar-refractivity contribution is 6.32. The number of halogens is 1. The molecule has 3 rings (SSSR count). The normalized spacial score (nSPS) is 33.1. The van der Waals surface area contributed by atoms with Crippen molar-refractivity contribution in [2.45, 2.75) is 46.1 Å². The summed E-state index contributed by atoms with van der Waals surface area (Å²) in [6.07, 6.45) is 3.66. The largest absolute Gasteiger partial charge is 0.488 e. The molecule has 3 atom stereocenters. The number of aromatic carboxylic acids is 1. The Kier molecular flexibility index (Phi) is 3.25. The van der Waals surface area contributed by atoms with Crippen LogP contribution in [0.5, 0.6) is 5.75 Å². The first kappa shape index (κ1) is 14.7. The summed E-state index contributed by atoms with van der Waals surface area (Å²) in [5, 5.41) is 9.35. The molecule has 2 fully saturated rings. The van der Waals surface area contributed by atoms with Gasteiger partial charge in [0.2, 0.25) is 0 Å². The predicted octanol–water partition coefficient (Wildman–Crippen LogP) is 4.63. The third kappa shape index (κ3) is 2.05. The molecule has 1 aromatic carbocycles. The molecule has 114 valence electrons. The molecule has 0 amide bonds. The lowest BCUT2D eigenvalue weighted by Crippen LogP contribution is -2.38. The van der Waals surface area contributed by atoms with Gasteiger partial charge in [-0.3, -0.25) is 0 Å². The molecule has 4 heteroatoms. The monoisotopic (exact) mass is 308 g/mol. The molecule has 1 aromatic rings. The van der Waals surface area contributed by atoms with Crippen LogP contribution in [-0.4, -0.2) is 17.2 Å². The molecule has 0 aliphatic heterocycles. The minimum atomic E-state index is -0.975.